The van der Waals surface area contributed by atoms with Crippen molar-refractivity contribution in [3.63, 3.8) is 0 Å². The Bertz CT molecular complexity index is 629. The summed E-state index contributed by atoms with van der Waals surface area (Å²) < 4.78 is 12.9. The number of carboxylic acid groups (broad SMARTS) is 1. The number of aromatic nitrogens is 2. The first-order chi connectivity index (χ1) is 9.52. The van der Waals surface area contributed by atoms with Crippen molar-refractivity contribution in [2.75, 3.05) is 18.5 Å². The van der Waals surface area contributed by atoms with Gasteiger partial charge in [0, 0.05) is 25.4 Å². The maximum absolute atomic E-state index is 12.9. The predicted molar refractivity (Wildman–Crippen MR) is 73.3 cm³/mol. The van der Waals surface area contributed by atoms with E-state index < -0.39 is 5.97 Å². The zero-order valence-electron chi connectivity index (χ0n) is 11.2. The Labute approximate surface area is 115 Å². The van der Waals surface area contributed by atoms with Gasteiger partial charge in [0.1, 0.15) is 17.2 Å². The van der Waals surface area contributed by atoms with E-state index in [2.05, 4.69) is 9.97 Å². The van der Waals surface area contributed by atoms with Crippen molar-refractivity contribution in [1.82, 2.24) is 9.97 Å². The molecule has 1 N–H and O–H groups in total. The van der Waals surface area contributed by atoms with Gasteiger partial charge in [-0.1, -0.05) is 0 Å². The van der Waals surface area contributed by atoms with E-state index in [9.17, 15) is 9.18 Å². The lowest BCUT2D eigenvalue weighted by Gasteiger charge is -2.18. The van der Waals surface area contributed by atoms with Crippen LogP contribution in [0.15, 0.2) is 30.5 Å². The topological polar surface area (TPSA) is 66.3 Å². The molecule has 1 aromatic heterocycles. The molecule has 104 valence electrons. The molecule has 1 heterocycles. The van der Waals surface area contributed by atoms with Crippen LogP contribution in [0.3, 0.4) is 0 Å². The number of carboxylic acids is 1. The van der Waals surface area contributed by atoms with Crippen molar-refractivity contribution in [3.8, 4) is 11.4 Å². The highest BCUT2D eigenvalue weighted by atomic mass is 19.1. The number of benzene rings is 1. The maximum Gasteiger partial charge on any atom is 0.341 e. The highest BCUT2D eigenvalue weighted by Crippen LogP contribution is 2.21. The maximum atomic E-state index is 12.9. The molecular weight excluding hydrogens is 261 g/mol. The molecule has 0 bridgehead atoms. The molecule has 0 saturated heterocycles. The van der Waals surface area contributed by atoms with Gasteiger partial charge in [-0.15, -0.1) is 0 Å². The summed E-state index contributed by atoms with van der Waals surface area (Å²) in [6.45, 7) is 2.51. The largest absolute Gasteiger partial charge is 0.477 e. The Balaban J connectivity index is 2.51. The molecule has 0 aliphatic carbocycles. The van der Waals surface area contributed by atoms with Crippen LogP contribution < -0.4 is 4.90 Å². The number of nitrogens with zero attached hydrogens (tertiary/aromatic N) is 3. The van der Waals surface area contributed by atoms with Gasteiger partial charge in [-0.3, -0.25) is 0 Å². The van der Waals surface area contributed by atoms with Gasteiger partial charge in [-0.25, -0.2) is 19.2 Å². The molecule has 6 heteroatoms. The minimum Gasteiger partial charge on any atom is -0.477 e. The number of carbonyl (C=O) groups is 1. The summed E-state index contributed by atoms with van der Waals surface area (Å²) in [7, 11) is 1.75. The van der Waals surface area contributed by atoms with Crippen LogP contribution in [0.4, 0.5) is 10.2 Å². The monoisotopic (exact) mass is 275 g/mol. The first kappa shape index (κ1) is 13.9. The fourth-order valence-electron chi connectivity index (χ4n) is 1.70. The average molecular weight is 275 g/mol. The van der Waals surface area contributed by atoms with Crippen LogP contribution in [-0.4, -0.2) is 34.6 Å². The van der Waals surface area contributed by atoms with Crippen LogP contribution >= 0.6 is 0 Å². The summed E-state index contributed by atoms with van der Waals surface area (Å²) in [6.07, 6.45) is 1.27. The molecular formula is C14H14FN3O2. The molecule has 0 amide bonds. The highest BCUT2D eigenvalue weighted by Gasteiger charge is 2.16. The summed E-state index contributed by atoms with van der Waals surface area (Å²) in [4.78, 5) is 21.2. The van der Waals surface area contributed by atoms with E-state index in [0.29, 0.717) is 23.8 Å². The van der Waals surface area contributed by atoms with E-state index >= 15 is 0 Å². The lowest BCUT2D eigenvalue weighted by atomic mass is 10.2. The smallest absolute Gasteiger partial charge is 0.341 e. The minimum absolute atomic E-state index is 0.0419. The Morgan fingerprint density at radius 1 is 1.35 bits per heavy atom. The molecule has 2 aromatic rings. The lowest BCUT2D eigenvalue weighted by Crippen LogP contribution is -2.21. The van der Waals surface area contributed by atoms with E-state index in [1.54, 1.807) is 24.1 Å². The summed E-state index contributed by atoms with van der Waals surface area (Å²) in [5.41, 5.74) is 0.675. The number of hydrogen-bond donors (Lipinski definition) is 1. The third-order valence-electron chi connectivity index (χ3n) is 2.94. The normalized spacial score (nSPS) is 10.3. The van der Waals surface area contributed by atoms with Gasteiger partial charge in [0.2, 0.25) is 0 Å². The third-order valence-corrected chi connectivity index (χ3v) is 2.94. The molecule has 0 aliphatic rings. The van der Waals surface area contributed by atoms with Gasteiger partial charge in [-0.05, 0) is 31.2 Å². The van der Waals surface area contributed by atoms with Crippen LogP contribution in [0.2, 0.25) is 0 Å². The standard InChI is InChI=1S/C14H14FN3O2/c1-3-18(2)13-11(14(19)20)8-16-12(17-13)9-4-6-10(15)7-5-9/h4-8H,3H2,1-2H3,(H,19,20). The van der Waals surface area contributed by atoms with E-state index in [0.717, 1.165) is 0 Å². The zero-order valence-corrected chi connectivity index (χ0v) is 11.2. The van der Waals surface area contributed by atoms with Crippen molar-refractivity contribution in [1.29, 1.82) is 0 Å². The van der Waals surface area contributed by atoms with Crippen LogP contribution in [0.1, 0.15) is 17.3 Å². The quantitative estimate of drug-likeness (QED) is 0.928. The van der Waals surface area contributed by atoms with Crippen molar-refractivity contribution < 1.29 is 14.3 Å². The Morgan fingerprint density at radius 2 is 2.00 bits per heavy atom. The molecule has 0 fully saturated rings. The van der Waals surface area contributed by atoms with Crippen LogP contribution in [-0.2, 0) is 0 Å². The summed E-state index contributed by atoms with van der Waals surface area (Å²) in [6, 6.07) is 5.74. The second-order valence-electron chi connectivity index (χ2n) is 4.26. The molecule has 0 atom stereocenters. The Kier molecular flexibility index (Phi) is 3.93. The Hall–Kier alpha value is -2.50. The molecule has 0 saturated carbocycles. The fraction of sp³-hybridized carbons (Fsp3) is 0.214. The second-order valence-corrected chi connectivity index (χ2v) is 4.26. The van der Waals surface area contributed by atoms with Crippen LogP contribution in [0, 0.1) is 5.82 Å². The summed E-state index contributed by atoms with van der Waals surface area (Å²) in [5, 5.41) is 9.15. The predicted octanol–water partition coefficient (Wildman–Crippen LogP) is 2.44. The van der Waals surface area contributed by atoms with Crippen molar-refractivity contribution in [3.05, 3.63) is 41.8 Å². The van der Waals surface area contributed by atoms with Gasteiger partial charge in [0.15, 0.2) is 5.82 Å². The average Bonchev–Trinajstić information content (AvgIpc) is 2.46. The number of hydrogen-bond acceptors (Lipinski definition) is 4. The third kappa shape index (κ3) is 2.74. The Morgan fingerprint density at radius 3 is 2.55 bits per heavy atom. The molecule has 0 unspecified atom stereocenters. The van der Waals surface area contributed by atoms with Crippen molar-refractivity contribution in [2.24, 2.45) is 0 Å². The number of rotatable bonds is 4. The molecule has 0 spiro atoms. The number of halogens is 1. The number of aromatic carboxylic acids is 1. The summed E-state index contributed by atoms with van der Waals surface area (Å²) in [5.74, 6) is -0.715. The van der Waals surface area contributed by atoms with E-state index in [4.69, 9.17) is 5.11 Å². The zero-order chi connectivity index (χ0) is 14.7. The number of anilines is 1. The van der Waals surface area contributed by atoms with Crippen LogP contribution in [0.25, 0.3) is 11.4 Å². The van der Waals surface area contributed by atoms with Gasteiger partial charge in [-0.2, -0.15) is 0 Å². The van der Waals surface area contributed by atoms with Gasteiger partial charge < -0.3 is 10.0 Å². The first-order valence-electron chi connectivity index (χ1n) is 6.10. The van der Waals surface area contributed by atoms with E-state index in [1.807, 2.05) is 6.92 Å². The summed E-state index contributed by atoms with van der Waals surface area (Å²) >= 11 is 0. The lowest BCUT2D eigenvalue weighted by molar-refractivity contribution is 0.0696. The molecule has 0 aliphatic heterocycles. The SMILES string of the molecule is CCN(C)c1nc(-c2ccc(F)cc2)ncc1C(=O)O. The second kappa shape index (κ2) is 5.64. The molecule has 20 heavy (non-hydrogen) atoms. The van der Waals surface area contributed by atoms with Crippen LogP contribution in [0.5, 0.6) is 0 Å². The highest BCUT2D eigenvalue weighted by molar-refractivity contribution is 5.93. The first-order valence-corrected chi connectivity index (χ1v) is 6.10. The minimum atomic E-state index is -1.08. The van der Waals surface area contributed by atoms with Crippen molar-refractivity contribution in [2.45, 2.75) is 6.92 Å². The van der Waals surface area contributed by atoms with E-state index in [-0.39, 0.29) is 11.4 Å². The molecule has 1 aromatic carbocycles. The van der Waals surface area contributed by atoms with Crippen molar-refractivity contribution >= 4 is 11.8 Å². The molecule has 5 nitrogen and oxygen atoms in total. The van der Waals surface area contributed by atoms with Gasteiger partial charge in [0.05, 0.1) is 0 Å². The van der Waals surface area contributed by atoms with Gasteiger partial charge in [0.25, 0.3) is 0 Å². The van der Waals surface area contributed by atoms with Gasteiger partial charge >= 0.3 is 5.97 Å². The van der Waals surface area contributed by atoms with E-state index in [1.165, 1.54) is 18.3 Å². The molecule has 2 rings (SSSR count). The molecule has 0 radical (unpaired) electrons. The fourth-order valence-corrected chi connectivity index (χ4v) is 1.70.